The average Bonchev–Trinajstić information content (AvgIpc) is 2.69. The van der Waals surface area contributed by atoms with E-state index in [4.69, 9.17) is 16.3 Å². The van der Waals surface area contributed by atoms with Gasteiger partial charge in [0.2, 0.25) is 5.88 Å². The Hall–Kier alpha value is -2.92. The molecule has 0 aliphatic rings. The molecule has 144 valence electrons. The Kier molecular flexibility index (Phi) is 6.61. The molecule has 0 fully saturated rings. The third-order valence-corrected chi connectivity index (χ3v) is 4.44. The molecule has 0 spiro atoms. The predicted octanol–water partition coefficient (Wildman–Crippen LogP) is 4.68. The maximum Gasteiger partial charge on any atom is 0.274 e. The van der Waals surface area contributed by atoms with Crippen LogP contribution in [0.5, 0.6) is 5.88 Å². The zero-order chi connectivity index (χ0) is 19.9. The third kappa shape index (κ3) is 5.08. The van der Waals surface area contributed by atoms with Crippen molar-refractivity contribution in [2.75, 3.05) is 6.61 Å². The maximum atomic E-state index is 13.3. The van der Waals surface area contributed by atoms with E-state index < -0.39 is 0 Å². The summed E-state index contributed by atoms with van der Waals surface area (Å²) in [7, 11) is 0. The van der Waals surface area contributed by atoms with E-state index in [1.807, 2.05) is 50.2 Å². The van der Waals surface area contributed by atoms with Crippen LogP contribution in [0.15, 0.2) is 60.8 Å². The van der Waals surface area contributed by atoms with Crippen molar-refractivity contribution in [3.8, 4) is 5.88 Å². The fraction of sp³-hybridized carbons (Fsp3) is 0.227. The van der Waals surface area contributed by atoms with E-state index in [1.165, 1.54) is 0 Å². The van der Waals surface area contributed by atoms with E-state index in [2.05, 4.69) is 16.0 Å². The van der Waals surface area contributed by atoms with Crippen LogP contribution in [0.1, 0.15) is 34.2 Å². The van der Waals surface area contributed by atoms with Crippen molar-refractivity contribution in [3.05, 3.63) is 88.3 Å². The lowest BCUT2D eigenvalue weighted by Crippen LogP contribution is -2.31. The van der Waals surface area contributed by atoms with Gasteiger partial charge in [-0.2, -0.15) is 0 Å². The van der Waals surface area contributed by atoms with Gasteiger partial charge in [0.1, 0.15) is 0 Å². The predicted molar refractivity (Wildman–Crippen MR) is 109 cm³/mol. The Bertz CT molecular complexity index is 948. The second-order valence-electron chi connectivity index (χ2n) is 6.38. The summed E-state index contributed by atoms with van der Waals surface area (Å²) in [5.74, 6) is 0.113. The molecule has 2 aromatic heterocycles. The fourth-order valence-electron chi connectivity index (χ4n) is 2.87. The van der Waals surface area contributed by atoms with Gasteiger partial charge in [0.05, 0.1) is 23.9 Å². The Labute approximate surface area is 170 Å². The number of nitrogens with zero attached hydrogens (tertiary/aromatic N) is 3. The minimum Gasteiger partial charge on any atom is -0.478 e. The summed E-state index contributed by atoms with van der Waals surface area (Å²) in [4.78, 5) is 23.7. The molecule has 0 radical (unpaired) electrons. The molecule has 0 unspecified atom stereocenters. The average molecular weight is 396 g/mol. The van der Waals surface area contributed by atoms with E-state index in [1.54, 1.807) is 23.2 Å². The summed E-state index contributed by atoms with van der Waals surface area (Å²) in [5.41, 5.74) is 3.13. The van der Waals surface area contributed by atoms with Gasteiger partial charge in [-0.3, -0.25) is 9.78 Å². The van der Waals surface area contributed by atoms with Gasteiger partial charge in [-0.15, -0.1) is 0 Å². The van der Waals surface area contributed by atoms with E-state index in [0.29, 0.717) is 30.6 Å². The Balaban J connectivity index is 1.93. The van der Waals surface area contributed by atoms with Gasteiger partial charge < -0.3 is 9.64 Å². The standard InChI is InChI=1S/C22H22ClN3O2/c1-3-28-20-11-10-19(23)21(25-20)22(27)26(15-18-9-4-5-12-24-18)14-17-8-6-7-16(2)13-17/h4-13H,3,14-15H2,1-2H3. The highest BCUT2D eigenvalue weighted by molar-refractivity contribution is 6.33. The molecule has 0 aliphatic heterocycles. The van der Waals surface area contributed by atoms with Crippen molar-refractivity contribution >= 4 is 17.5 Å². The van der Waals surface area contributed by atoms with Gasteiger partial charge in [-0.25, -0.2) is 4.98 Å². The van der Waals surface area contributed by atoms with Crippen molar-refractivity contribution in [1.29, 1.82) is 0 Å². The highest BCUT2D eigenvalue weighted by atomic mass is 35.5. The molecular weight excluding hydrogens is 374 g/mol. The number of aromatic nitrogens is 2. The van der Waals surface area contributed by atoms with Crippen molar-refractivity contribution < 1.29 is 9.53 Å². The highest BCUT2D eigenvalue weighted by Crippen LogP contribution is 2.22. The van der Waals surface area contributed by atoms with Crippen LogP contribution in [0, 0.1) is 6.92 Å². The number of benzene rings is 1. The summed E-state index contributed by atoms with van der Waals surface area (Å²) in [5, 5.41) is 0.295. The molecule has 3 aromatic rings. The maximum absolute atomic E-state index is 13.3. The normalized spacial score (nSPS) is 10.5. The lowest BCUT2D eigenvalue weighted by molar-refractivity contribution is 0.0721. The molecule has 6 heteroatoms. The van der Waals surface area contributed by atoms with Crippen LogP contribution in [0.25, 0.3) is 0 Å². The van der Waals surface area contributed by atoms with Crippen LogP contribution in [0.4, 0.5) is 0 Å². The number of halogens is 1. The summed E-state index contributed by atoms with van der Waals surface area (Å²) in [6.45, 7) is 5.13. The number of ether oxygens (including phenoxy) is 1. The van der Waals surface area contributed by atoms with Crippen LogP contribution in [0.3, 0.4) is 0 Å². The number of carbonyl (C=O) groups is 1. The minimum absolute atomic E-state index is 0.177. The lowest BCUT2D eigenvalue weighted by atomic mass is 10.1. The number of carbonyl (C=O) groups excluding carboxylic acids is 1. The second-order valence-corrected chi connectivity index (χ2v) is 6.79. The largest absolute Gasteiger partial charge is 0.478 e. The van der Waals surface area contributed by atoms with Crippen molar-refractivity contribution in [1.82, 2.24) is 14.9 Å². The highest BCUT2D eigenvalue weighted by Gasteiger charge is 2.22. The molecule has 0 aliphatic carbocycles. The quantitative estimate of drug-likeness (QED) is 0.582. The van der Waals surface area contributed by atoms with E-state index in [9.17, 15) is 4.79 Å². The topological polar surface area (TPSA) is 55.3 Å². The molecule has 2 heterocycles. The van der Waals surface area contributed by atoms with Crippen LogP contribution in [-0.4, -0.2) is 27.4 Å². The molecular formula is C22H22ClN3O2. The lowest BCUT2D eigenvalue weighted by Gasteiger charge is -2.23. The van der Waals surface area contributed by atoms with Gasteiger partial charge in [0.25, 0.3) is 5.91 Å². The molecule has 0 N–H and O–H groups in total. The zero-order valence-electron chi connectivity index (χ0n) is 15.9. The number of hydrogen-bond donors (Lipinski definition) is 0. The van der Waals surface area contributed by atoms with Gasteiger partial charge in [-0.1, -0.05) is 47.5 Å². The monoisotopic (exact) mass is 395 g/mol. The smallest absolute Gasteiger partial charge is 0.274 e. The number of aryl methyl sites for hydroxylation is 1. The van der Waals surface area contributed by atoms with E-state index in [0.717, 1.165) is 16.8 Å². The van der Waals surface area contributed by atoms with Crippen LogP contribution >= 0.6 is 11.6 Å². The number of pyridine rings is 2. The molecule has 5 nitrogen and oxygen atoms in total. The Morgan fingerprint density at radius 1 is 1.11 bits per heavy atom. The fourth-order valence-corrected chi connectivity index (χ4v) is 3.06. The van der Waals surface area contributed by atoms with Crippen LogP contribution < -0.4 is 4.74 Å². The molecule has 0 bridgehead atoms. The summed E-state index contributed by atoms with van der Waals surface area (Å²) >= 11 is 6.29. The molecule has 3 rings (SSSR count). The number of hydrogen-bond acceptors (Lipinski definition) is 4. The van der Waals surface area contributed by atoms with Gasteiger partial charge in [0.15, 0.2) is 5.69 Å². The first-order valence-corrected chi connectivity index (χ1v) is 9.48. The third-order valence-electron chi connectivity index (χ3n) is 4.14. The SMILES string of the molecule is CCOc1ccc(Cl)c(C(=O)N(Cc2cccc(C)c2)Cc2ccccn2)n1. The molecule has 1 aromatic carbocycles. The Morgan fingerprint density at radius 2 is 1.96 bits per heavy atom. The zero-order valence-corrected chi connectivity index (χ0v) is 16.7. The van der Waals surface area contributed by atoms with E-state index in [-0.39, 0.29) is 11.6 Å². The van der Waals surface area contributed by atoms with Crippen LogP contribution in [0.2, 0.25) is 5.02 Å². The number of amides is 1. The van der Waals surface area contributed by atoms with Crippen molar-refractivity contribution in [3.63, 3.8) is 0 Å². The second kappa shape index (κ2) is 9.33. The van der Waals surface area contributed by atoms with Gasteiger partial charge in [0, 0.05) is 18.8 Å². The van der Waals surface area contributed by atoms with Gasteiger partial charge in [-0.05, 0) is 37.6 Å². The molecule has 0 saturated carbocycles. The first-order valence-electron chi connectivity index (χ1n) is 9.11. The first kappa shape index (κ1) is 19.8. The molecule has 1 amide bonds. The van der Waals surface area contributed by atoms with E-state index >= 15 is 0 Å². The minimum atomic E-state index is -0.265. The first-order chi connectivity index (χ1) is 13.6. The molecule has 0 atom stereocenters. The summed E-state index contributed by atoms with van der Waals surface area (Å²) in [6, 6.07) is 17.0. The summed E-state index contributed by atoms with van der Waals surface area (Å²) in [6.07, 6.45) is 1.71. The molecule has 28 heavy (non-hydrogen) atoms. The van der Waals surface area contributed by atoms with Crippen LogP contribution in [-0.2, 0) is 13.1 Å². The number of rotatable bonds is 7. The molecule has 0 saturated heterocycles. The van der Waals surface area contributed by atoms with Crippen molar-refractivity contribution in [2.24, 2.45) is 0 Å². The summed E-state index contributed by atoms with van der Waals surface area (Å²) < 4.78 is 5.43. The van der Waals surface area contributed by atoms with Crippen molar-refractivity contribution in [2.45, 2.75) is 26.9 Å². The Morgan fingerprint density at radius 3 is 2.68 bits per heavy atom. The van der Waals surface area contributed by atoms with Gasteiger partial charge >= 0.3 is 0 Å².